The van der Waals surface area contributed by atoms with E-state index >= 15 is 0 Å². The van der Waals surface area contributed by atoms with Gasteiger partial charge in [0, 0.05) is 12.1 Å². The van der Waals surface area contributed by atoms with Crippen LogP contribution in [0.4, 0.5) is 16.5 Å². The molecule has 3 aromatic rings. The van der Waals surface area contributed by atoms with E-state index in [4.69, 9.17) is 11.6 Å². The molecule has 2 aromatic carbocycles. The van der Waals surface area contributed by atoms with Gasteiger partial charge in [0.15, 0.2) is 5.13 Å². The molecule has 0 aliphatic heterocycles. The zero-order valence-electron chi connectivity index (χ0n) is 11.9. The molecule has 0 aliphatic rings. The number of nitro benzene ring substituents is 1. The number of aryl methyl sites for hydroxylation is 2. The number of benzene rings is 2. The molecule has 5 nitrogen and oxygen atoms in total. The third-order valence-corrected chi connectivity index (χ3v) is 4.47. The lowest BCUT2D eigenvalue weighted by Gasteiger charge is -2.04. The second kappa shape index (κ2) is 5.55. The van der Waals surface area contributed by atoms with Crippen LogP contribution < -0.4 is 5.32 Å². The van der Waals surface area contributed by atoms with Gasteiger partial charge in [-0.1, -0.05) is 29.0 Å². The van der Waals surface area contributed by atoms with Crippen molar-refractivity contribution < 1.29 is 4.92 Å². The Morgan fingerprint density at radius 2 is 2.05 bits per heavy atom. The summed E-state index contributed by atoms with van der Waals surface area (Å²) in [5.74, 6) is 0. The maximum absolute atomic E-state index is 10.7. The average Bonchev–Trinajstić information content (AvgIpc) is 2.83. The number of hydrogen-bond acceptors (Lipinski definition) is 5. The first kappa shape index (κ1) is 14.7. The number of fused-ring (bicyclic) bond motifs is 1. The Kier molecular flexibility index (Phi) is 3.72. The van der Waals surface area contributed by atoms with Crippen LogP contribution in [0.15, 0.2) is 30.3 Å². The fraction of sp³-hybridized carbons (Fsp3) is 0.133. The van der Waals surface area contributed by atoms with Gasteiger partial charge in [-0.15, -0.1) is 0 Å². The summed E-state index contributed by atoms with van der Waals surface area (Å²) in [5.41, 5.74) is 3.82. The van der Waals surface area contributed by atoms with Gasteiger partial charge in [-0.25, -0.2) is 4.98 Å². The van der Waals surface area contributed by atoms with E-state index in [1.54, 1.807) is 6.07 Å². The van der Waals surface area contributed by atoms with Crippen LogP contribution in [0.25, 0.3) is 10.2 Å². The van der Waals surface area contributed by atoms with Gasteiger partial charge in [-0.05, 0) is 37.1 Å². The number of thiazole rings is 1. The van der Waals surface area contributed by atoms with Crippen LogP contribution in [0.2, 0.25) is 5.02 Å². The minimum atomic E-state index is -0.473. The third-order valence-electron chi connectivity index (χ3n) is 3.23. The number of rotatable bonds is 3. The molecule has 3 rings (SSSR count). The number of non-ortho nitro benzene ring substituents is 1. The Bertz CT molecular complexity index is 892. The first-order chi connectivity index (χ1) is 10.4. The van der Waals surface area contributed by atoms with Gasteiger partial charge in [-0.3, -0.25) is 10.1 Å². The Morgan fingerprint density at radius 1 is 1.27 bits per heavy atom. The molecular weight excluding hydrogens is 322 g/mol. The van der Waals surface area contributed by atoms with Crippen molar-refractivity contribution in [2.75, 3.05) is 5.32 Å². The number of nitro groups is 1. The first-order valence-electron chi connectivity index (χ1n) is 6.53. The summed E-state index contributed by atoms with van der Waals surface area (Å²) in [4.78, 5) is 14.8. The molecule has 0 fully saturated rings. The third kappa shape index (κ3) is 2.75. The number of anilines is 2. The number of aromatic nitrogens is 1. The van der Waals surface area contributed by atoms with Crippen molar-refractivity contribution in [1.82, 2.24) is 4.98 Å². The molecule has 1 heterocycles. The van der Waals surface area contributed by atoms with Crippen LogP contribution in [0, 0.1) is 24.0 Å². The summed E-state index contributed by atoms with van der Waals surface area (Å²) in [6, 6.07) is 8.50. The van der Waals surface area contributed by atoms with Crippen LogP contribution >= 0.6 is 22.9 Å². The maximum Gasteiger partial charge on any atom is 0.271 e. The molecule has 0 bridgehead atoms. The number of hydrogen-bond donors (Lipinski definition) is 1. The second-order valence-corrected chi connectivity index (χ2v) is 6.43. The molecule has 0 saturated heterocycles. The highest BCUT2D eigenvalue weighted by molar-refractivity contribution is 7.22. The minimum Gasteiger partial charge on any atom is -0.330 e. The normalized spacial score (nSPS) is 10.9. The quantitative estimate of drug-likeness (QED) is 0.527. The SMILES string of the molecule is Cc1cc(C)c2nc(Nc3ccc([N+](=O)[O-])cc3Cl)sc2c1. The van der Waals surface area contributed by atoms with Gasteiger partial charge < -0.3 is 5.32 Å². The van der Waals surface area contributed by atoms with Crippen molar-refractivity contribution in [3.05, 3.63) is 56.6 Å². The van der Waals surface area contributed by atoms with Gasteiger partial charge in [-0.2, -0.15) is 0 Å². The van der Waals surface area contributed by atoms with Crippen molar-refractivity contribution in [1.29, 1.82) is 0 Å². The molecule has 0 amide bonds. The monoisotopic (exact) mass is 333 g/mol. The smallest absolute Gasteiger partial charge is 0.271 e. The number of nitrogens with one attached hydrogen (secondary N) is 1. The van der Waals surface area contributed by atoms with Crippen LogP contribution in [-0.2, 0) is 0 Å². The molecule has 0 saturated carbocycles. The lowest BCUT2D eigenvalue weighted by atomic mass is 10.1. The van der Waals surface area contributed by atoms with Crippen LogP contribution in [-0.4, -0.2) is 9.91 Å². The molecule has 0 spiro atoms. The van der Waals surface area contributed by atoms with E-state index in [-0.39, 0.29) is 5.69 Å². The van der Waals surface area contributed by atoms with E-state index in [1.807, 2.05) is 13.8 Å². The molecule has 1 aromatic heterocycles. The lowest BCUT2D eigenvalue weighted by Crippen LogP contribution is -1.93. The highest BCUT2D eigenvalue weighted by Crippen LogP contribution is 2.34. The maximum atomic E-state index is 10.7. The van der Waals surface area contributed by atoms with E-state index in [0.29, 0.717) is 15.8 Å². The van der Waals surface area contributed by atoms with Crippen molar-refractivity contribution in [2.24, 2.45) is 0 Å². The van der Waals surface area contributed by atoms with Crippen LogP contribution in [0.1, 0.15) is 11.1 Å². The fourth-order valence-corrected chi connectivity index (χ4v) is 3.53. The van der Waals surface area contributed by atoms with Gasteiger partial charge in [0.1, 0.15) is 0 Å². The Hall–Kier alpha value is -2.18. The van der Waals surface area contributed by atoms with E-state index in [9.17, 15) is 10.1 Å². The van der Waals surface area contributed by atoms with Gasteiger partial charge in [0.2, 0.25) is 0 Å². The summed E-state index contributed by atoms with van der Waals surface area (Å²) in [6.07, 6.45) is 0. The van der Waals surface area contributed by atoms with Crippen molar-refractivity contribution >= 4 is 49.7 Å². The largest absolute Gasteiger partial charge is 0.330 e. The van der Waals surface area contributed by atoms with Gasteiger partial charge >= 0.3 is 0 Å². The number of nitrogens with zero attached hydrogens (tertiary/aromatic N) is 2. The summed E-state index contributed by atoms with van der Waals surface area (Å²) in [6.45, 7) is 4.07. The van der Waals surface area contributed by atoms with E-state index in [2.05, 4.69) is 22.4 Å². The first-order valence-corrected chi connectivity index (χ1v) is 7.72. The van der Waals surface area contributed by atoms with E-state index < -0.39 is 4.92 Å². The standard InChI is InChI=1S/C15H12ClN3O2S/c1-8-5-9(2)14-13(6-8)22-15(18-14)17-12-4-3-10(19(20)21)7-11(12)16/h3-7H,1-2H3,(H,17,18). The topological polar surface area (TPSA) is 68.1 Å². The Labute approximate surface area is 135 Å². The zero-order chi connectivity index (χ0) is 15.9. The Balaban J connectivity index is 1.96. The molecule has 0 radical (unpaired) electrons. The highest BCUT2D eigenvalue weighted by Gasteiger charge is 2.12. The summed E-state index contributed by atoms with van der Waals surface area (Å²) in [7, 11) is 0. The predicted molar refractivity (Wildman–Crippen MR) is 90.5 cm³/mol. The van der Waals surface area contributed by atoms with Gasteiger partial charge in [0.25, 0.3) is 5.69 Å². The Morgan fingerprint density at radius 3 is 2.73 bits per heavy atom. The predicted octanol–water partition coefficient (Wildman–Crippen LogP) is 5.22. The van der Waals surface area contributed by atoms with Crippen molar-refractivity contribution in [3.63, 3.8) is 0 Å². The molecule has 7 heteroatoms. The van der Waals surface area contributed by atoms with E-state index in [1.165, 1.54) is 29.0 Å². The van der Waals surface area contributed by atoms with Gasteiger partial charge in [0.05, 0.1) is 25.8 Å². The fourth-order valence-electron chi connectivity index (χ4n) is 2.26. The zero-order valence-corrected chi connectivity index (χ0v) is 13.5. The average molecular weight is 334 g/mol. The van der Waals surface area contributed by atoms with Crippen LogP contribution in [0.3, 0.4) is 0 Å². The second-order valence-electron chi connectivity index (χ2n) is 4.99. The lowest BCUT2D eigenvalue weighted by molar-refractivity contribution is -0.384. The molecule has 0 atom stereocenters. The van der Waals surface area contributed by atoms with Crippen molar-refractivity contribution in [2.45, 2.75) is 13.8 Å². The summed E-state index contributed by atoms with van der Waals surface area (Å²) in [5, 5.41) is 14.9. The number of halogens is 1. The molecule has 0 unspecified atom stereocenters. The molecule has 1 N–H and O–H groups in total. The molecule has 112 valence electrons. The van der Waals surface area contributed by atoms with E-state index in [0.717, 1.165) is 15.8 Å². The molecule has 0 aliphatic carbocycles. The van der Waals surface area contributed by atoms with Crippen molar-refractivity contribution in [3.8, 4) is 0 Å². The molecule has 22 heavy (non-hydrogen) atoms. The minimum absolute atomic E-state index is 0.0358. The highest BCUT2D eigenvalue weighted by atomic mass is 35.5. The summed E-state index contributed by atoms with van der Waals surface area (Å²) < 4.78 is 1.10. The summed E-state index contributed by atoms with van der Waals surface area (Å²) >= 11 is 7.61. The molecular formula is C15H12ClN3O2S. The van der Waals surface area contributed by atoms with Crippen LogP contribution in [0.5, 0.6) is 0 Å².